The zero-order valence-electron chi connectivity index (χ0n) is 20.6. The van der Waals surface area contributed by atoms with Gasteiger partial charge >= 0.3 is 0 Å². The van der Waals surface area contributed by atoms with Gasteiger partial charge in [0.1, 0.15) is 0 Å². The first-order valence-corrected chi connectivity index (χ1v) is 14.4. The molecular formula is C26H27BrN6O2S2. The fourth-order valence-corrected chi connectivity index (χ4v) is 5.46. The zero-order chi connectivity index (χ0) is 26.4. The molecule has 4 aromatic rings. The van der Waals surface area contributed by atoms with Crippen LogP contribution >= 0.6 is 39.0 Å². The van der Waals surface area contributed by atoms with Crippen molar-refractivity contribution in [3.63, 3.8) is 0 Å². The van der Waals surface area contributed by atoms with Crippen LogP contribution in [0.1, 0.15) is 43.0 Å². The Labute approximate surface area is 232 Å². The van der Waals surface area contributed by atoms with Gasteiger partial charge in [-0.2, -0.15) is 0 Å². The minimum absolute atomic E-state index is 0.0909. The van der Waals surface area contributed by atoms with Crippen LogP contribution in [0.3, 0.4) is 0 Å². The van der Waals surface area contributed by atoms with E-state index < -0.39 is 0 Å². The Morgan fingerprint density at radius 1 is 1.08 bits per heavy atom. The topological polar surface area (TPSA) is 102 Å². The number of rotatable bonds is 10. The molecule has 0 aliphatic carbocycles. The highest BCUT2D eigenvalue weighted by Gasteiger charge is 2.26. The Morgan fingerprint density at radius 2 is 1.81 bits per heavy atom. The maximum atomic E-state index is 12.8. The van der Waals surface area contributed by atoms with E-state index in [-0.39, 0.29) is 29.5 Å². The smallest absolute Gasteiger partial charge is 0.251 e. The second-order valence-corrected chi connectivity index (χ2v) is 11.2. The van der Waals surface area contributed by atoms with Gasteiger partial charge in [0.05, 0.1) is 17.5 Å². The van der Waals surface area contributed by atoms with Crippen molar-refractivity contribution in [1.82, 2.24) is 25.1 Å². The van der Waals surface area contributed by atoms with E-state index >= 15 is 0 Å². The third kappa shape index (κ3) is 6.85. The van der Waals surface area contributed by atoms with Gasteiger partial charge < -0.3 is 15.2 Å². The van der Waals surface area contributed by atoms with Crippen molar-refractivity contribution in [2.75, 3.05) is 11.1 Å². The standard InChI is InChI=1S/C26H27BrN6O2S2/c1-4-33-23(22(16(2)3)30-24(35)18-8-6-5-7-9-18)31-32-26(33)37-15-21(34)29-25-28-20(14-36-25)17-10-12-19(27)13-11-17/h5-14,16,22H,4,15H2,1-3H3,(H,30,35)(H,28,29,34)/t22-/m1/s1. The van der Waals surface area contributed by atoms with Gasteiger partial charge in [-0.3, -0.25) is 9.59 Å². The molecule has 0 fully saturated rings. The number of thiazole rings is 1. The molecule has 37 heavy (non-hydrogen) atoms. The number of thioether (sulfide) groups is 1. The fourth-order valence-electron chi connectivity index (χ4n) is 3.65. The SMILES string of the molecule is CCn1c(SCC(=O)Nc2nc(-c3ccc(Br)cc3)cs2)nnc1[C@H](NC(=O)c1ccccc1)C(C)C. The Balaban J connectivity index is 1.40. The van der Waals surface area contributed by atoms with Gasteiger partial charge in [-0.05, 0) is 37.1 Å². The van der Waals surface area contributed by atoms with Crippen LogP contribution in [0.4, 0.5) is 5.13 Å². The van der Waals surface area contributed by atoms with Crippen LogP contribution in [0.25, 0.3) is 11.3 Å². The van der Waals surface area contributed by atoms with Crippen LogP contribution in [0.15, 0.2) is 69.6 Å². The molecule has 1 atom stereocenters. The molecule has 0 spiro atoms. The van der Waals surface area contributed by atoms with Crippen LogP contribution in [0.5, 0.6) is 0 Å². The molecule has 2 aromatic heterocycles. The number of carbonyl (C=O) groups is 2. The molecule has 0 aliphatic heterocycles. The van der Waals surface area contributed by atoms with Crippen molar-refractivity contribution in [1.29, 1.82) is 0 Å². The molecule has 0 unspecified atom stereocenters. The number of carbonyl (C=O) groups excluding carboxylic acids is 2. The summed E-state index contributed by atoms with van der Waals surface area (Å²) in [5.41, 5.74) is 2.39. The average molecular weight is 600 g/mol. The lowest BCUT2D eigenvalue weighted by Gasteiger charge is -2.22. The number of hydrogen-bond donors (Lipinski definition) is 2. The fraction of sp³-hybridized carbons (Fsp3) is 0.269. The monoisotopic (exact) mass is 598 g/mol. The van der Waals surface area contributed by atoms with Crippen LogP contribution in [0, 0.1) is 5.92 Å². The van der Waals surface area contributed by atoms with E-state index in [1.807, 2.05) is 73.2 Å². The molecule has 11 heteroatoms. The Kier molecular flexibility index (Phi) is 9.12. The highest BCUT2D eigenvalue weighted by Crippen LogP contribution is 2.28. The summed E-state index contributed by atoms with van der Waals surface area (Å²) < 4.78 is 2.95. The summed E-state index contributed by atoms with van der Waals surface area (Å²) in [5, 5.41) is 17.8. The molecule has 0 saturated heterocycles. The molecule has 2 N–H and O–H groups in total. The number of halogens is 1. The van der Waals surface area contributed by atoms with E-state index in [0.29, 0.717) is 28.2 Å². The molecule has 0 bridgehead atoms. The van der Waals surface area contributed by atoms with Crippen molar-refractivity contribution in [2.24, 2.45) is 5.92 Å². The normalized spacial score (nSPS) is 11.9. The summed E-state index contributed by atoms with van der Waals surface area (Å²) in [7, 11) is 0. The highest BCUT2D eigenvalue weighted by atomic mass is 79.9. The lowest BCUT2D eigenvalue weighted by molar-refractivity contribution is -0.113. The van der Waals surface area contributed by atoms with Gasteiger partial charge in [0, 0.05) is 27.5 Å². The van der Waals surface area contributed by atoms with Crippen molar-refractivity contribution in [2.45, 2.75) is 38.5 Å². The molecule has 0 radical (unpaired) electrons. The third-order valence-corrected chi connectivity index (χ3v) is 7.81. The maximum absolute atomic E-state index is 12.8. The number of benzene rings is 2. The van der Waals surface area contributed by atoms with Crippen molar-refractivity contribution in [3.05, 3.63) is 75.8 Å². The molecule has 2 aromatic carbocycles. The minimum atomic E-state index is -0.323. The van der Waals surface area contributed by atoms with Gasteiger partial charge in [-0.1, -0.05) is 71.9 Å². The lowest BCUT2D eigenvalue weighted by Crippen LogP contribution is -2.33. The third-order valence-electron chi connectivity index (χ3n) is 5.55. The van der Waals surface area contributed by atoms with Gasteiger partial charge in [-0.25, -0.2) is 4.98 Å². The molecule has 8 nitrogen and oxygen atoms in total. The summed E-state index contributed by atoms with van der Waals surface area (Å²) in [6.07, 6.45) is 0. The molecule has 4 rings (SSSR count). The second kappa shape index (κ2) is 12.5. The van der Waals surface area contributed by atoms with E-state index in [2.05, 4.69) is 41.7 Å². The van der Waals surface area contributed by atoms with Gasteiger partial charge in [0.25, 0.3) is 5.91 Å². The number of hydrogen-bond acceptors (Lipinski definition) is 7. The first-order valence-electron chi connectivity index (χ1n) is 11.8. The summed E-state index contributed by atoms with van der Waals surface area (Å²) >= 11 is 6.12. The number of nitrogens with zero attached hydrogens (tertiary/aromatic N) is 4. The molecule has 0 aliphatic rings. The van der Waals surface area contributed by atoms with Crippen molar-refractivity contribution in [3.8, 4) is 11.3 Å². The lowest BCUT2D eigenvalue weighted by atomic mass is 10.0. The zero-order valence-corrected chi connectivity index (χ0v) is 23.9. The van der Waals surface area contributed by atoms with Gasteiger partial charge in [-0.15, -0.1) is 21.5 Å². The number of nitrogens with one attached hydrogen (secondary N) is 2. The van der Waals surface area contributed by atoms with Gasteiger partial charge in [0.15, 0.2) is 16.1 Å². The van der Waals surface area contributed by atoms with Crippen LogP contribution in [-0.4, -0.2) is 37.3 Å². The van der Waals surface area contributed by atoms with Crippen LogP contribution in [-0.2, 0) is 11.3 Å². The molecule has 2 amide bonds. The largest absolute Gasteiger partial charge is 0.342 e. The van der Waals surface area contributed by atoms with E-state index in [9.17, 15) is 9.59 Å². The molecular weight excluding hydrogens is 572 g/mol. The van der Waals surface area contributed by atoms with Crippen LogP contribution < -0.4 is 10.6 Å². The predicted molar refractivity (Wildman–Crippen MR) is 152 cm³/mol. The van der Waals surface area contributed by atoms with Crippen molar-refractivity contribution < 1.29 is 9.59 Å². The predicted octanol–water partition coefficient (Wildman–Crippen LogP) is 6.04. The summed E-state index contributed by atoms with van der Waals surface area (Å²) in [6.45, 7) is 6.66. The molecule has 2 heterocycles. The molecule has 192 valence electrons. The highest BCUT2D eigenvalue weighted by molar-refractivity contribution is 9.10. The molecule has 0 saturated carbocycles. The van der Waals surface area contributed by atoms with E-state index in [1.165, 1.54) is 23.1 Å². The van der Waals surface area contributed by atoms with Crippen molar-refractivity contribution >= 4 is 56.0 Å². The first-order chi connectivity index (χ1) is 17.9. The number of anilines is 1. The quantitative estimate of drug-likeness (QED) is 0.216. The first kappa shape index (κ1) is 27.0. The second-order valence-electron chi connectivity index (χ2n) is 8.53. The van der Waals surface area contributed by atoms with E-state index in [1.54, 1.807) is 12.1 Å². The number of amides is 2. The van der Waals surface area contributed by atoms with Crippen LogP contribution in [0.2, 0.25) is 0 Å². The Bertz CT molecular complexity index is 1360. The summed E-state index contributed by atoms with van der Waals surface area (Å²) in [4.78, 5) is 30.0. The number of aromatic nitrogens is 4. The van der Waals surface area contributed by atoms with E-state index in [4.69, 9.17) is 0 Å². The Morgan fingerprint density at radius 3 is 2.49 bits per heavy atom. The Hall–Kier alpha value is -3.02. The minimum Gasteiger partial charge on any atom is -0.342 e. The van der Waals surface area contributed by atoms with E-state index in [0.717, 1.165) is 15.7 Å². The summed E-state index contributed by atoms with van der Waals surface area (Å²) in [5.74, 6) is 0.585. The van der Waals surface area contributed by atoms with Gasteiger partial charge in [0.2, 0.25) is 5.91 Å². The summed E-state index contributed by atoms with van der Waals surface area (Å²) in [6, 6.07) is 16.6. The average Bonchev–Trinajstić information content (AvgIpc) is 3.53. The maximum Gasteiger partial charge on any atom is 0.251 e.